The molecule has 1 aliphatic carbocycles. The van der Waals surface area contributed by atoms with E-state index in [0.717, 1.165) is 10.9 Å². The summed E-state index contributed by atoms with van der Waals surface area (Å²) in [5.41, 5.74) is 3.88. The third kappa shape index (κ3) is 2.84. The Morgan fingerprint density at radius 2 is 2.26 bits per heavy atom. The van der Waals surface area contributed by atoms with E-state index < -0.39 is 0 Å². The number of carbonyl (C=O) groups is 1. The summed E-state index contributed by atoms with van der Waals surface area (Å²) in [6, 6.07) is 5.62. The maximum absolute atomic E-state index is 12.5. The van der Waals surface area contributed by atoms with Crippen LogP contribution in [0.4, 0.5) is 0 Å². The van der Waals surface area contributed by atoms with Gasteiger partial charge in [0.05, 0.1) is 17.3 Å². The number of benzene rings is 1. The fraction of sp³-hybridized carbons (Fsp3) is 0.263. The quantitative estimate of drug-likeness (QED) is 0.568. The molecule has 1 aliphatic rings. The van der Waals surface area contributed by atoms with E-state index in [0.29, 0.717) is 45.6 Å². The van der Waals surface area contributed by atoms with E-state index in [2.05, 4.69) is 20.4 Å². The number of hydrogen-bond donors (Lipinski definition) is 2. The first kappa shape index (κ1) is 16.3. The average Bonchev–Trinajstić information content (AvgIpc) is 3.32. The zero-order valence-corrected chi connectivity index (χ0v) is 15.4. The van der Waals surface area contributed by atoms with Crippen molar-refractivity contribution in [3.05, 3.63) is 41.2 Å². The lowest BCUT2D eigenvalue weighted by Crippen LogP contribution is -2.25. The molecular weight excluding hydrogens is 364 g/mol. The summed E-state index contributed by atoms with van der Waals surface area (Å²) in [6.45, 7) is 0.713. The van der Waals surface area contributed by atoms with Crippen molar-refractivity contribution in [3.8, 4) is 11.4 Å². The first-order valence-corrected chi connectivity index (χ1v) is 9.23. The molecule has 1 fully saturated rings. The van der Waals surface area contributed by atoms with E-state index in [-0.39, 0.29) is 5.91 Å². The van der Waals surface area contributed by atoms with E-state index in [9.17, 15) is 4.79 Å². The molecular formula is C19H17ClN6O. The van der Waals surface area contributed by atoms with Gasteiger partial charge in [0, 0.05) is 30.2 Å². The Morgan fingerprint density at radius 1 is 1.41 bits per heavy atom. The molecule has 0 radical (unpaired) electrons. The van der Waals surface area contributed by atoms with Crippen molar-refractivity contribution in [1.82, 2.24) is 30.0 Å². The molecule has 3 aromatic heterocycles. The zero-order valence-electron chi connectivity index (χ0n) is 14.7. The number of aryl methyl sites for hydroxylation is 1. The SMILES string of the molecule is Cn1nc(-c2cnc3[nH]cc(C(=O)NCC4CC4)c3n2)c2ccc(Cl)cc21. The van der Waals surface area contributed by atoms with Gasteiger partial charge in [-0.05, 0) is 37.0 Å². The van der Waals surface area contributed by atoms with Gasteiger partial charge in [-0.25, -0.2) is 9.97 Å². The number of nitrogens with zero attached hydrogens (tertiary/aromatic N) is 4. The van der Waals surface area contributed by atoms with Crippen molar-refractivity contribution >= 4 is 39.6 Å². The number of fused-ring (bicyclic) bond motifs is 2. The lowest BCUT2D eigenvalue weighted by atomic mass is 10.1. The zero-order chi connectivity index (χ0) is 18.5. The molecule has 136 valence electrons. The molecule has 1 amide bonds. The Balaban J connectivity index is 1.58. The number of H-pyrrole nitrogens is 1. The normalized spacial score (nSPS) is 14.1. The van der Waals surface area contributed by atoms with E-state index in [1.807, 2.05) is 25.2 Å². The lowest BCUT2D eigenvalue weighted by Gasteiger charge is -2.03. The molecule has 8 heteroatoms. The molecule has 1 aromatic carbocycles. The molecule has 2 N–H and O–H groups in total. The standard InChI is InChI=1S/C19H17ClN6O/c1-26-15-6-11(20)4-5-12(15)16(25-26)14-9-22-18-17(24-14)13(8-21-18)19(27)23-7-10-2-3-10/h4-6,8-10H,2-3,7H2,1H3,(H,21,22)(H,23,27). The van der Waals surface area contributed by atoms with Crippen LogP contribution in [0.2, 0.25) is 5.02 Å². The maximum Gasteiger partial charge on any atom is 0.255 e. The van der Waals surface area contributed by atoms with Crippen LogP contribution in [0.3, 0.4) is 0 Å². The van der Waals surface area contributed by atoms with Gasteiger partial charge in [-0.3, -0.25) is 9.48 Å². The summed E-state index contributed by atoms with van der Waals surface area (Å²) >= 11 is 6.10. The highest BCUT2D eigenvalue weighted by Crippen LogP contribution is 2.30. The second-order valence-corrected chi connectivity index (χ2v) is 7.38. The van der Waals surface area contributed by atoms with Crippen LogP contribution in [0, 0.1) is 5.92 Å². The summed E-state index contributed by atoms with van der Waals surface area (Å²) in [7, 11) is 1.86. The van der Waals surface area contributed by atoms with Crippen LogP contribution in [-0.4, -0.2) is 37.2 Å². The van der Waals surface area contributed by atoms with Crippen LogP contribution in [-0.2, 0) is 7.05 Å². The van der Waals surface area contributed by atoms with Crippen molar-refractivity contribution in [2.24, 2.45) is 13.0 Å². The molecule has 5 rings (SSSR count). The second kappa shape index (κ2) is 6.06. The highest BCUT2D eigenvalue weighted by molar-refractivity contribution is 6.31. The lowest BCUT2D eigenvalue weighted by molar-refractivity contribution is 0.0953. The number of aromatic amines is 1. The van der Waals surface area contributed by atoms with Gasteiger partial charge in [-0.2, -0.15) is 5.10 Å². The van der Waals surface area contributed by atoms with Crippen LogP contribution < -0.4 is 5.32 Å². The molecule has 0 aliphatic heterocycles. The predicted molar refractivity (Wildman–Crippen MR) is 104 cm³/mol. The van der Waals surface area contributed by atoms with E-state index in [1.54, 1.807) is 17.1 Å². The number of hydrogen-bond acceptors (Lipinski definition) is 4. The fourth-order valence-corrected chi connectivity index (χ4v) is 3.42. The van der Waals surface area contributed by atoms with Gasteiger partial charge >= 0.3 is 0 Å². The van der Waals surface area contributed by atoms with Gasteiger partial charge in [0.1, 0.15) is 16.9 Å². The Morgan fingerprint density at radius 3 is 3.07 bits per heavy atom. The molecule has 0 bridgehead atoms. The molecule has 0 saturated heterocycles. The second-order valence-electron chi connectivity index (χ2n) is 6.94. The topological polar surface area (TPSA) is 88.5 Å². The number of aromatic nitrogens is 5. The Labute approximate surface area is 159 Å². The minimum atomic E-state index is -0.128. The number of rotatable bonds is 4. The van der Waals surface area contributed by atoms with E-state index in [1.165, 1.54) is 12.8 Å². The van der Waals surface area contributed by atoms with Gasteiger partial charge in [0.15, 0.2) is 5.65 Å². The summed E-state index contributed by atoms with van der Waals surface area (Å²) < 4.78 is 1.77. The van der Waals surface area contributed by atoms with Crippen LogP contribution in [0.15, 0.2) is 30.6 Å². The third-order valence-corrected chi connectivity index (χ3v) is 5.16. The minimum absolute atomic E-state index is 0.128. The Kier molecular flexibility index (Phi) is 3.65. The Hall–Kier alpha value is -2.93. The molecule has 1 saturated carbocycles. The first-order valence-electron chi connectivity index (χ1n) is 8.85. The van der Waals surface area contributed by atoms with Crippen molar-refractivity contribution < 1.29 is 4.79 Å². The summed E-state index contributed by atoms with van der Waals surface area (Å²) in [4.78, 5) is 24.7. The van der Waals surface area contributed by atoms with E-state index in [4.69, 9.17) is 16.6 Å². The Bertz CT molecular complexity index is 1190. The highest BCUT2D eigenvalue weighted by atomic mass is 35.5. The molecule has 0 atom stereocenters. The monoisotopic (exact) mass is 380 g/mol. The highest BCUT2D eigenvalue weighted by Gasteiger charge is 2.23. The number of amides is 1. The van der Waals surface area contributed by atoms with Crippen LogP contribution in [0.25, 0.3) is 33.5 Å². The third-order valence-electron chi connectivity index (χ3n) is 4.93. The van der Waals surface area contributed by atoms with Crippen molar-refractivity contribution in [2.45, 2.75) is 12.8 Å². The molecule has 0 unspecified atom stereocenters. The van der Waals surface area contributed by atoms with Crippen molar-refractivity contribution in [3.63, 3.8) is 0 Å². The summed E-state index contributed by atoms with van der Waals surface area (Å²) in [5, 5.41) is 9.14. The summed E-state index contributed by atoms with van der Waals surface area (Å²) in [6.07, 6.45) is 5.71. The van der Waals surface area contributed by atoms with Gasteiger partial charge in [-0.15, -0.1) is 0 Å². The van der Waals surface area contributed by atoms with E-state index >= 15 is 0 Å². The molecule has 7 nitrogen and oxygen atoms in total. The van der Waals surface area contributed by atoms with Gasteiger partial charge in [0.25, 0.3) is 5.91 Å². The van der Waals surface area contributed by atoms with Crippen LogP contribution in [0.5, 0.6) is 0 Å². The van der Waals surface area contributed by atoms with Gasteiger partial charge in [-0.1, -0.05) is 11.6 Å². The predicted octanol–water partition coefficient (Wildman–Crippen LogP) is 3.30. The van der Waals surface area contributed by atoms with Crippen molar-refractivity contribution in [1.29, 1.82) is 0 Å². The fourth-order valence-electron chi connectivity index (χ4n) is 3.25. The largest absolute Gasteiger partial charge is 0.352 e. The maximum atomic E-state index is 12.5. The minimum Gasteiger partial charge on any atom is -0.352 e. The molecule has 27 heavy (non-hydrogen) atoms. The summed E-state index contributed by atoms with van der Waals surface area (Å²) in [5.74, 6) is 0.491. The molecule has 0 spiro atoms. The number of halogens is 1. The van der Waals surface area contributed by atoms with Crippen molar-refractivity contribution in [2.75, 3.05) is 6.54 Å². The first-order chi connectivity index (χ1) is 13.1. The molecule has 4 aromatic rings. The van der Waals surface area contributed by atoms with Crippen LogP contribution in [0.1, 0.15) is 23.2 Å². The van der Waals surface area contributed by atoms with Gasteiger partial charge in [0.2, 0.25) is 0 Å². The average molecular weight is 381 g/mol. The number of carbonyl (C=O) groups excluding carboxylic acids is 1. The molecule has 3 heterocycles. The number of nitrogens with one attached hydrogen (secondary N) is 2. The van der Waals surface area contributed by atoms with Gasteiger partial charge < -0.3 is 10.3 Å². The smallest absolute Gasteiger partial charge is 0.255 e. The van der Waals surface area contributed by atoms with Crippen LogP contribution >= 0.6 is 11.6 Å².